The zero-order valence-corrected chi connectivity index (χ0v) is 11.5. The highest BCUT2D eigenvalue weighted by Crippen LogP contribution is 2.12. The molecule has 0 heterocycles. The lowest BCUT2D eigenvalue weighted by atomic mass is 10.1. The quantitative estimate of drug-likeness (QED) is 0.763. The Labute approximate surface area is 108 Å². The van der Waals surface area contributed by atoms with Gasteiger partial charge in [0.05, 0.1) is 0 Å². The van der Waals surface area contributed by atoms with Gasteiger partial charge in [0.25, 0.3) is 0 Å². The number of alkyl halides is 1. The van der Waals surface area contributed by atoms with Gasteiger partial charge in [-0.25, -0.2) is 4.39 Å². The molecule has 0 spiro atoms. The number of rotatable bonds is 6. The van der Waals surface area contributed by atoms with Crippen LogP contribution in [-0.2, 0) is 6.54 Å². The van der Waals surface area contributed by atoms with Crippen LogP contribution in [0.3, 0.4) is 0 Å². The standard InChI is InChI=1S/C14H21ClFN/c1-10(2)6-13(15)9-17-8-12-7-14(16)5-4-11(12)3/h4-5,7,10,13,17H,6,8-9H2,1-3H3. The molecule has 17 heavy (non-hydrogen) atoms. The predicted molar refractivity (Wildman–Crippen MR) is 71.9 cm³/mol. The van der Waals surface area contributed by atoms with E-state index in [9.17, 15) is 4.39 Å². The van der Waals surface area contributed by atoms with E-state index in [4.69, 9.17) is 11.6 Å². The van der Waals surface area contributed by atoms with Crippen LogP contribution >= 0.6 is 11.6 Å². The number of hydrogen-bond acceptors (Lipinski definition) is 1. The van der Waals surface area contributed by atoms with Gasteiger partial charge >= 0.3 is 0 Å². The molecule has 1 aromatic carbocycles. The first-order chi connectivity index (χ1) is 7.99. The molecule has 1 aromatic rings. The van der Waals surface area contributed by atoms with Crippen LogP contribution in [0, 0.1) is 18.7 Å². The fraction of sp³-hybridized carbons (Fsp3) is 0.571. The van der Waals surface area contributed by atoms with E-state index in [0.29, 0.717) is 12.5 Å². The highest BCUT2D eigenvalue weighted by Gasteiger charge is 2.07. The predicted octanol–water partition coefficient (Wildman–Crippen LogP) is 3.88. The van der Waals surface area contributed by atoms with Crippen LogP contribution in [0.25, 0.3) is 0 Å². The second-order valence-corrected chi connectivity index (χ2v) is 5.55. The third kappa shape index (κ3) is 5.51. The lowest BCUT2D eigenvalue weighted by Gasteiger charge is -2.13. The molecular weight excluding hydrogens is 237 g/mol. The van der Waals surface area contributed by atoms with Crippen molar-refractivity contribution in [2.24, 2.45) is 5.92 Å². The summed E-state index contributed by atoms with van der Waals surface area (Å²) in [6, 6.07) is 4.87. The Morgan fingerprint density at radius 3 is 2.71 bits per heavy atom. The fourth-order valence-electron chi connectivity index (χ4n) is 1.79. The monoisotopic (exact) mass is 257 g/mol. The molecule has 0 bridgehead atoms. The van der Waals surface area contributed by atoms with Crippen LogP contribution in [0.15, 0.2) is 18.2 Å². The van der Waals surface area contributed by atoms with Crippen LogP contribution in [-0.4, -0.2) is 11.9 Å². The normalized spacial score (nSPS) is 13.1. The van der Waals surface area contributed by atoms with Crippen molar-refractivity contribution in [3.05, 3.63) is 35.1 Å². The largest absolute Gasteiger partial charge is 0.311 e. The minimum atomic E-state index is -0.183. The smallest absolute Gasteiger partial charge is 0.123 e. The van der Waals surface area contributed by atoms with Gasteiger partial charge in [-0.3, -0.25) is 0 Å². The molecular formula is C14H21ClFN. The first-order valence-corrected chi connectivity index (χ1v) is 6.52. The topological polar surface area (TPSA) is 12.0 Å². The summed E-state index contributed by atoms with van der Waals surface area (Å²) in [5.74, 6) is 0.423. The van der Waals surface area contributed by atoms with Crippen molar-refractivity contribution in [2.75, 3.05) is 6.54 Å². The third-order valence-corrected chi connectivity index (χ3v) is 3.05. The van der Waals surface area contributed by atoms with Crippen molar-refractivity contribution in [3.8, 4) is 0 Å². The van der Waals surface area contributed by atoms with Crippen LogP contribution in [0.4, 0.5) is 4.39 Å². The second-order valence-electron chi connectivity index (χ2n) is 4.93. The van der Waals surface area contributed by atoms with Crippen molar-refractivity contribution in [1.29, 1.82) is 0 Å². The van der Waals surface area contributed by atoms with E-state index in [0.717, 1.165) is 24.1 Å². The van der Waals surface area contributed by atoms with E-state index >= 15 is 0 Å². The molecule has 1 rings (SSSR count). The Morgan fingerprint density at radius 1 is 1.35 bits per heavy atom. The van der Waals surface area contributed by atoms with Crippen molar-refractivity contribution in [1.82, 2.24) is 5.32 Å². The van der Waals surface area contributed by atoms with Gasteiger partial charge in [0, 0.05) is 18.5 Å². The van der Waals surface area contributed by atoms with E-state index < -0.39 is 0 Å². The molecule has 0 aliphatic rings. The second kappa shape index (κ2) is 6.97. The lowest BCUT2D eigenvalue weighted by molar-refractivity contribution is 0.532. The van der Waals surface area contributed by atoms with Gasteiger partial charge in [-0.2, -0.15) is 0 Å². The van der Waals surface area contributed by atoms with Crippen LogP contribution in [0.5, 0.6) is 0 Å². The Morgan fingerprint density at radius 2 is 2.06 bits per heavy atom. The molecule has 1 atom stereocenters. The lowest BCUT2D eigenvalue weighted by Crippen LogP contribution is -2.24. The van der Waals surface area contributed by atoms with Crippen LogP contribution in [0.2, 0.25) is 0 Å². The maximum atomic E-state index is 13.1. The van der Waals surface area contributed by atoms with Gasteiger partial charge in [-0.15, -0.1) is 11.6 Å². The summed E-state index contributed by atoms with van der Waals surface area (Å²) in [5, 5.41) is 3.42. The molecule has 0 aliphatic carbocycles. The number of nitrogens with one attached hydrogen (secondary N) is 1. The Balaban J connectivity index is 2.38. The van der Waals surface area contributed by atoms with Crippen molar-refractivity contribution in [3.63, 3.8) is 0 Å². The molecule has 0 aliphatic heterocycles. The van der Waals surface area contributed by atoms with Gasteiger partial charge < -0.3 is 5.32 Å². The van der Waals surface area contributed by atoms with Gasteiger partial charge in [0.2, 0.25) is 0 Å². The summed E-state index contributed by atoms with van der Waals surface area (Å²) in [7, 11) is 0. The van der Waals surface area contributed by atoms with Gasteiger partial charge in [0.15, 0.2) is 0 Å². The molecule has 0 saturated carbocycles. The zero-order chi connectivity index (χ0) is 12.8. The first kappa shape index (κ1) is 14.5. The highest BCUT2D eigenvalue weighted by atomic mass is 35.5. The summed E-state index contributed by atoms with van der Waals surface area (Å²) in [6.07, 6.45) is 0.997. The van der Waals surface area contributed by atoms with Gasteiger partial charge in [-0.05, 0) is 42.5 Å². The highest BCUT2D eigenvalue weighted by molar-refractivity contribution is 6.20. The van der Waals surface area contributed by atoms with E-state index in [-0.39, 0.29) is 11.2 Å². The van der Waals surface area contributed by atoms with E-state index in [1.165, 1.54) is 6.07 Å². The number of benzene rings is 1. The summed E-state index contributed by atoms with van der Waals surface area (Å²) in [4.78, 5) is 0. The van der Waals surface area contributed by atoms with Crippen molar-refractivity contribution in [2.45, 2.75) is 39.1 Å². The third-order valence-electron chi connectivity index (χ3n) is 2.72. The maximum absolute atomic E-state index is 13.1. The molecule has 1 N–H and O–H groups in total. The van der Waals surface area contributed by atoms with Crippen LogP contribution in [0.1, 0.15) is 31.4 Å². The van der Waals surface area contributed by atoms with Gasteiger partial charge in [-0.1, -0.05) is 19.9 Å². The number of aryl methyl sites for hydroxylation is 1. The molecule has 96 valence electrons. The minimum absolute atomic E-state index is 0.142. The van der Waals surface area contributed by atoms with Crippen molar-refractivity contribution < 1.29 is 4.39 Å². The van der Waals surface area contributed by atoms with Crippen LogP contribution < -0.4 is 5.32 Å². The summed E-state index contributed by atoms with van der Waals surface area (Å²) in [5.41, 5.74) is 2.10. The molecule has 1 nitrogen and oxygen atoms in total. The van der Waals surface area contributed by atoms with Gasteiger partial charge in [0.1, 0.15) is 5.82 Å². The minimum Gasteiger partial charge on any atom is -0.311 e. The molecule has 1 unspecified atom stereocenters. The Kier molecular flexibility index (Phi) is 5.93. The SMILES string of the molecule is Cc1ccc(F)cc1CNCC(Cl)CC(C)C. The Bertz CT molecular complexity index is 352. The average Bonchev–Trinajstić information content (AvgIpc) is 2.22. The Hall–Kier alpha value is -0.600. The molecule has 0 saturated heterocycles. The maximum Gasteiger partial charge on any atom is 0.123 e. The molecule has 0 amide bonds. The van der Waals surface area contributed by atoms with E-state index in [2.05, 4.69) is 19.2 Å². The zero-order valence-electron chi connectivity index (χ0n) is 10.8. The van der Waals surface area contributed by atoms with E-state index in [1.807, 2.05) is 6.92 Å². The summed E-state index contributed by atoms with van der Waals surface area (Å²) < 4.78 is 13.1. The fourth-order valence-corrected chi connectivity index (χ4v) is 2.25. The van der Waals surface area contributed by atoms with Crippen molar-refractivity contribution >= 4 is 11.6 Å². The molecule has 0 fully saturated rings. The number of halogens is 2. The van der Waals surface area contributed by atoms with E-state index in [1.54, 1.807) is 12.1 Å². The average molecular weight is 258 g/mol. The summed E-state index contributed by atoms with van der Waals surface area (Å²) in [6.45, 7) is 7.74. The molecule has 0 aromatic heterocycles. The number of hydrogen-bond donors (Lipinski definition) is 1. The summed E-state index contributed by atoms with van der Waals surface area (Å²) >= 11 is 6.18. The first-order valence-electron chi connectivity index (χ1n) is 6.09. The molecule has 3 heteroatoms. The molecule has 0 radical (unpaired) electrons.